The highest BCUT2D eigenvalue weighted by Gasteiger charge is 2.27. The van der Waals surface area contributed by atoms with E-state index >= 15 is 0 Å². The van der Waals surface area contributed by atoms with Crippen LogP contribution in [0.15, 0.2) is 18.2 Å². The van der Waals surface area contributed by atoms with Gasteiger partial charge in [-0.3, -0.25) is 9.59 Å². The van der Waals surface area contributed by atoms with Crippen LogP contribution in [0, 0.1) is 5.92 Å². The van der Waals surface area contributed by atoms with Crippen LogP contribution in [-0.2, 0) is 16.0 Å². The minimum atomic E-state index is -1.30. The molecule has 10 heteroatoms. The zero-order valence-corrected chi connectivity index (χ0v) is 16.8. The summed E-state index contributed by atoms with van der Waals surface area (Å²) < 4.78 is 0. The van der Waals surface area contributed by atoms with Crippen molar-refractivity contribution in [3.8, 4) is 0 Å². The number of amides is 3. The number of hydrogen-bond acceptors (Lipinski definition) is 5. The minimum absolute atomic E-state index is 0. The topological polar surface area (TPSA) is 140 Å². The van der Waals surface area contributed by atoms with E-state index in [-0.39, 0.29) is 31.0 Å². The molecule has 1 heterocycles. The molecule has 1 aliphatic rings. The molecule has 0 spiro atoms. The van der Waals surface area contributed by atoms with Crippen molar-refractivity contribution in [2.45, 2.75) is 45.3 Å². The fourth-order valence-electron chi connectivity index (χ4n) is 2.90. The van der Waals surface area contributed by atoms with Crippen LogP contribution < -0.4 is 21.3 Å². The minimum Gasteiger partial charge on any atom is -0.465 e. The molecule has 28 heavy (non-hydrogen) atoms. The number of hydrogen-bond donors (Lipinski definition) is 6. The number of aliphatic hydroxyl groups excluding tert-OH is 1. The fraction of sp³-hybridized carbons (Fsp3) is 0.500. The molecule has 0 bridgehead atoms. The van der Waals surface area contributed by atoms with Gasteiger partial charge in [0.15, 0.2) is 0 Å². The summed E-state index contributed by atoms with van der Waals surface area (Å²) in [5.41, 5.74) is 2.48. The summed E-state index contributed by atoms with van der Waals surface area (Å²) in [7, 11) is 0. The average Bonchev–Trinajstić information content (AvgIpc) is 3.01. The van der Waals surface area contributed by atoms with Crippen LogP contribution in [0.25, 0.3) is 0 Å². The molecule has 0 aliphatic carbocycles. The highest BCUT2D eigenvalue weighted by molar-refractivity contribution is 5.98. The fourth-order valence-corrected chi connectivity index (χ4v) is 2.90. The van der Waals surface area contributed by atoms with E-state index in [1.54, 1.807) is 26.0 Å². The second-order valence-corrected chi connectivity index (χ2v) is 6.99. The number of nitrogens with one attached hydrogen (secondary N) is 4. The van der Waals surface area contributed by atoms with E-state index in [4.69, 9.17) is 5.11 Å². The Morgan fingerprint density at radius 1 is 1.18 bits per heavy atom. The summed E-state index contributed by atoms with van der Waals surface area (Å²) in [6.07, 6.45) is -0.576. The molecule has 9 nitrogen and oxygen atoms in total. The van der Waals surface area contributed by atoms with Crippen LogP contribution in [0.1, 0.15) is 26.3 Å². The highest BCUT2D eigenvalue weighted by Crippen LogP contribution is 2.28. The lowest BCUT2D eigenvalue weighted by atomic mass is 10.0. The molecule has 0 saturated heterocycles. The van der Waals surface area contributed by atoms with Crippen molar-refractivity contribution in [3.05, 3.63) is 23.8 Å². The predicted octanol–water partition coefficient (Wildman–Crippen LogP) is 1.17. The van der Waals surface area contributed by atoms with Crippen molar-refractivity contribution in [1.29, 1.82) is 0 Å². The maximum Gasteiger partial charge on any atom is 0.405 e. The van der Waals surface area contributed by atoms with Gasteiger partial charge < -0.3 is 31.5 Å². The van der Waals surface area contributed by atoms with Crippen LogP contribution >= 0.6 is 12.4 Å². The van der Waals surface area contributed by atoms with Gasteiger partial charge in [0, 0.05) is 11.4 Å². The molecule has 6 N–H and O–H groups in total. The second kappa shape index (κ2) is 10.1. The first-order chi connectivity index (χ1) is 12.7. The first-order valence-corrected chi connectivity index (χ1v) is 8.82. The maximum absolute atomic E-state index is 12.4. The van der Waals surface area contributed by atoms with Gasteiger partial charge in [-0.1, -0.05) is 19.9 Å². The molecular formula is C18H27ClN4O5. The third-order valence-corrected chi connectivity index (χ3v) is 4.40. The Morgan fingerprint density at radius 3 is 2.43 bits per heavy atom. The van der Waals surface area contributed by atoms with Crippen LogP contribution in [0.2, 0.25) is 0 Å². The summed E-state index contributed by atoms with van der Waals surface area (Å²) in [6, 6.07) is 3.59. The molecule has 0 saturated carbocycles. The first-order valence-electron chi connectivity index (χ1n) is 8.82. The number of fused-ring (bicyclic) bond motifs is 1. The smallest absolute Gasteiger partial charge is 0.405 e. The molecule has 3 atom stereocenters. The Balaban J connectivity index is 0.00000392. The third kappa shape index (κ3) is 6.00. The predicted molar refractivity (Wildman–Crippen MR) is 108 cm³/mol. The summed E-state index contributed by atoms with van der Waals surface area (Å²) in [4.78, 5) is 35.4. The number of anilines is 2. The zero-order valence-electron chi connectivity index (χ0n) is 16.0. The van der Waals surface area contributed by atoms with Gasteiger partial charge in [0.2, 0.25) is 11.8 Å². The molecule has 0 fully saturated rings. The first kappa shape index (κ1) is 23.5. The summed E-state index contributed by atoms with van der Waals surface area (Å²) >= 11 is 0. The molecule has 0 radical (unpaired) electrons. The molecule has 3 amide bonds. The maximum atomic E-state index is 12.4. The van der Waals surface area contributed by atoms with Gasteiger partial charge in [0.1, 0.15) is 12.1 Å². The van der Waals surface area contributed by atoms with Gasteiger partial charge >= 0.3 is 6.09 Å². The summed E-state index contributed by atoms with van der Waals surface area (Å²) in [6.45, 7) is 4.98. The lowest BCUT2D eigenvalue weighted by molar-refractivity contribution is -0.128. The molecule has 2 rings (SSSR count). The van der Waals surface area contributed by atoms with E-state index in [9.17, 15) is 19.5 Å². The van der Waals surface area contributed by atoms with Gasteiger partial charge in [0.25, 0.3) is 0 Å². The Hall–Kier alpha value is -2.52. The van der Waals surface area contributed by atoms with Crippen molar-refractivity contribution < 1.29 is 24.6 Å². The van der Waals surface area contributed by atoms with E-state index in [1.807, 2.05) is 6.07 Å². The van der Waals surface area contributed by atoms with Crippen molar-refractivity contribution in [3.63, 3.8) is 0 Å². The van der Waals surface area contributed by atoms with Gasteiger partial charge in [0.05, 0.1) is 12.6 Å². The Kier molecular flexibility index (Phi) is 8.52. The van der Waals surface area contributed by atoms with Crippen molar-refractivity contribution in [1.82, 2.24) is 10.6 Å². The number of carbonyl (C=O) groups excluding carboxylic acids is 2. The third-order valence-electron chi connectivity index (χ3n) is 4.40. The van der Waals surface area contributed by atoms with E-state index in [1.165, 1.54) is 6.92 Å². The molecule has 1 aromatic carbocycles. The number of aliphatic hydroxyl groups is 1. The summed E-state index contributed by atoms with van der Waals surface area (Å²) in [5, 5.41) is 28.7. The second-order valence-electron chi connectivity index (χ2n) is 6.99. The molecular weight excluding hydrogens is 388 g/mol. The quantitative estimate of drug-likeness (QED) is 0.396. The monoisotopic (exact) mass is 414 g/mol. The van der Waals surface area contributed by atoms with Crippen molar-refractivity contribution in [2.24, 2.45) is 5.92 Å². The summed E-state index contributed by atoms with van der Waals surface area (Å²) in [5.74, 6) is -1.24. The number of carboxylic acid groups (broad SMARTS) is 1. The lowest BCUT2D eigenvalue weighted by Gasteiger charge is -2.22. The van der Waals surface area contributed by atoms with E-state index < -0.39 is 30.0 Å². The van der Waals surface area contributed by atoms with Crippen LogP contribution in [-0.4, -0.2) is 52.9 Å². The standard InChI is InChI=1S/C18H26N4O5.ClH/c1-9(2)15(22-18(26)27)17(25)19-10(3)16(24)21-12-5-4-11-6-13(8-23)20-14(11)7-12;/h4-5,7,9-10,13,15,20,22-23H,6,8H2,1-3H3,(H,19,25)(H,21,24)(H,26,27);1H/t10-,13-,15-;/m0./s1. The van der Waals surface area contributed by atoms with Gasteiger partial charge in [-0.2, -0.15) is 0 Å². The van der Waals surface area contributed by atoms with E-state index in [0.29, 0.717) is 5.69 Å². The molecule has 1 aliphatic heterocycles. The van der Waals surface area contributed by atoms with Crippen molar-refractivity contribution >= 4 is 41.7 Å². The molecule has 0 aromatic heterocycles. The lowest BCUT2D eigenvalue weighted by Crippen LogP contribution is -2.53. The van der Waals surface area contributed by atoms with Crippen molar-refractivity contribution in [2.75, 3.05) is 17.2 Å². The largest absolute Gasteiger partial charge is 0.465 e. The number of rotatable bonds is 7. The highest BCUT2D eigenvalue weighted by atomic mass is 35.5. The van der Waals surface area contributed by atoms with Crippen LogP contribution in [0.3, 0.4) is 0 Å². The Labute approximate surface area is 169 Å². The van der Waals surface area contributed by atoms with Crippen LogP contribution in [0.4, 0.5) is 16.2 Å². The normalized spacial score (nSPS) is 16.8. The molecule has 1 aromatic rings. The Morgan fingerprint density at radius 2 is 1.86 bits per heavy atom. The van der Waals surface area contributed by atoms with Gasteiger partial charge in [-0.25, -0.2) is 4.79 Å². The van der Waals surface area contributed by atoms with E-state index in [0.717, 1.165) is 17.7 Å². The SMILES string of the molecule is CC(C)[C@H](NC(=O)O)C(=O)N[C@@H](C)C(=O)Nc1ccc2c(c1)N[C@H](CO)C2.Cl. The molecule has 0 unspecified atom stereocenters. The van der Waals surface area contributed by atoms with Gasteiger partial charge in [-0.15, -0.1) is 12.4 Å². The average molecular weight is 415 g/mol. The number of carbonyl (C=O) groups is 3. The number of halogens is 1. The van der Waals surface area contributed by atoms with E-state index in [2.05, 4.69) is 21.3 Å². The zero-order chi connectivity index (χ0) is 20.1. The Bertz CT molecular complexity index is 728. The van der Waals surface area contributed by atoms with Crippen LogP contribution in [0.5, 0.6) is 0 Å². The van der Waals surface area contributed by atoms with Gasteiger partial charge in [-0.05, 0) is 37.0 Å². The number of benzene rings is 1. The molecule has 156 valence electrons.